The third-order valence-corrected chi connectivity index (χ3v) is 5.07. The number of methoxy groups -OCH3 is 1. The van der Waals surface area contributed by atoms with Gasteiger partial charge in [0.2, 0.25) is 0 Å². The molecule has 0 amide bonds. The summed E-state index contributed by atoms with van der Waals surface area (Å²) in [5.74, 6) is 0.131. The van der Waals surface area contributed by atoms with Gasteiger partial charge < -0.3 is 10.1 Å². The van der Waals surface area contributed by atoms with Crippen LogP contribution in [0.5, 0.6) is 0 Å². The molecule has 3 heteroatoms. The highest BCUT2D eigenvalue weighted by atomic mass is 16.5. The smallest absolute Gasteiger partial charge is 0.308 e. The van der Waals surface area contributed by atoms with Crippen molar-refractivity contribution in [2.24, 2.45) is 11.3 Å². The average Bonchev–Trinajstić information content (AvgIpc) is 2.41. The van der Waals surface area contributed by atoms with Gasteiger partial charge in [-0.25, -0.2) is 0 Å². The molecule has 0 aromatic carbocycles. The largest absolute Gasteiger partial charge is 0.469 e. The van der Waals surface area contributed by atoms with E-state index in [9.17, 15) is 4.79 Å². The van der Waals surface area contributed by atoms with Gasteiger partial charge in [-0.15, -0.1) is 0 Å². The Bertz CT molecular complexity index is 296. The van der Waals surface area contributed by atoms with Crippen LogP contribution in [0.25, 0.3) is 0 Å². The van der Waals surface area contributed by atoms with Crippen LogP contribution in [0.4, 0.5) is 0 Å². The molecule has 0 radical (unpaired) electrons. The summed E-state index contributed by atoms with van der Waals surface area (Å²) in [6.45, 7) is 4.76. The highest BCUT2D eigenvalue weighted by Gasteiger charge is 2.31. The van der Waals surface area contributed by atoms with E-state index in [4.69, 9.17) is 4.74 Å². The van der Waals surface area contributed by atoms with Gasteiger partial charge in [0.15, 0.2) is 0 Å². The molecule has 0 unspecified atom stereocenters. The SMILES string of the molecule is COC(=O)C1CCC(NC2CCC(C)(C)CC2)CC1. The molecule has 1 N–H and O–H groups in total. The summed E-state index contributed by atoms with van der Waals surface area (Å²) in [5.41, 5.74) is 0.542. The number of rotatable bonds is 3. The van der Waals surface area contributed by atoms with E-state index in [-0.39, 0.29) is 11.9 Å². The normalized spacial score (nSPS) is 31.9. The summed E-state index contributed by atoms with van der Waals surface area (Å²) < 4.78 is 4.84. The van der Waals surface area contributed by atoms with Gasteiger partial charge >= 0.3 is 5.97 Å². The summed E-state index contributed by atoms with van der Waals surface area (Å²) >= 11 is 0. The zero-order chi connectivity index (χ0) is 13.9. The summed E-state index contributed by atoms with van der Waals surface area (Å²) in [4.78, 5) is 11.5. The lowest BCUT2D eigenvalue weighted by molar-refractivity contribution is -0.146. The monoisotopic (exact) mass is 267 g/mol. The van der Waals surface area contributed by atoms with Crippen molar-refractivity contribution in [1.82, 2.24) is 5.32 Å². The first-order valence-electron chi connectivity index (χ1n) is 7.84. The number of ether oxygens (including phenoxy) is 1. The molecule has 0 aliphatic heterocycles. The fourth-order valence-corrected chi connectivity index (χ4v) is 3.56. The van der Waals surface area contributed by atoms with Crippen LogP contribution in [0, 0.1) is 11.3 Å². The van der Waals surface area contributed by atoms with Crippen molar-refractivity contribution in [3.05, 3.63) is 0 Å². The maximum absolute atomic E-state index is 11.5. The van der Waals surface area contributed by atoms with Gasteiger partial charge in [0.05, 0.1) is 13.0 Å². The Kier molecular flexibility index (Phi) is 4.88. The Labute approximate surface area is 117 Å². The second-order valence-electron chi connectivity index (χ2n) is 7.18. The maximum Gasteiger partial charge on any atom is 0.308 e. The van der Waals surface area contributed by atoms with E-state index in [1.807, 2.05) is 0 Å². The van der Waals surface area contributed by atoms with Gasteiger partial charge in [-0.1, -0.05) is 13.8 Å². The molecule has 2 rings (SSSR count). The first kappa shape index (κ1) is 14.8. The molecule has 0 atom stereocenters. The fourth-order valence-electron chi connectivity index (χ4n) is 3.56. The van der Waals surface area contributed by atoms with Crippen LogP contribution in [0.3, 0.4) is 0 Å². The number of hydrogen-bond donors (Lipinski definition) is 1. The average molecular weight is 267 g/mol. The van der Waals surface area contributed by atoms with E-state index in [0.29, 0.717) is 17.5 Å². The van der Waals surface area contributed by atoms with Crippen molar-refractivity contribution in [2.75, 3.05) is 7.11 Å². The Morgan fingerprint density at radius 3 is 2.05 bits per heavy atom. The minimum Gasteiger partial charge on any atom is -0.469 e. The molecule has 110 valence electrons. The molecule has 0 bridgehead atoms. The van der Waals surface area contributed by atoms with Crippen molar-refractivity contribution in [2.45, 2.75) is 77.3 Å². The summed E-state index contributed by atoms with van der Waals surface area (Å²) in [6, 6.07) is 1.32. The van der Waals surface area contributed by atoms with Crippen molar-refractivity contribution < 1.29 is 9.53 Å². The van der Waals surface area contributed by atoms with Crippen LogP contribution >= 0.6 is 0 Å². The summed E-state index contributed by atoms with van der Waals surface area (Å²) in [7, 11) is 1.50. The minimum atomic E-state index is -0.0159. The standard InChI is InChI=1S/C16H29NO2/c1-16(2)10-8-14(9-11-16)17-13-6-4-12(5-7-13)15(18)19-3/h12-14,17H,4-11H2,1-3H3. The van der Waals surface area contributed by atoms with Crippen LogP contribution in [-0.2, 0) is 9.53 Å². The fraction of sp³-hybridized carbons (Fsp3) is 0.938. The van der Waals surface area contributed by atoms with Crippen molar-refractivity contribution in [3.8, 4) is 0 Å². The Morgan fingerprint density at radius 1 is 1.00 bits per heavy atom. The van der Waals surface area contributed by atoms with Gasteiger partial charge in [0.25, 0.3) is 0 Å². The van der Waals surface area contributed by atoms with E-state index in [0.717, 1.165) is 25.7 Å². The van der Waals surface area contributed by atoms with E-state index >= 15 is 0 Å². The number of carbonyl (C=O) groups is 1. The zero-order valence-corrected chi connectivity index (χ0v) is 12.7. The van der Waals surface area contributed by atoms with E-state index in [1.54, 1.807) is 0 Å². The molecule has 0 spiro atoms. The Hall–Kier alpha value is -0.570. The molecule has 19 heavy (non-hydrogen) atoms. The van der Waals surface area contributed by atoms with E-state index < -0.39 is 0 Å². The molecule has 2 saturated carbocycles. The van der Waals surface area contributed by atoms with Crippen LogP contribution in [0.2, 0.25) is 0 Å². The molecular formula is C16H29NO2. The molecule has 2 aliphatic carbocycles. The highest BCUT2D eigenvalue weighted by Crippen LogP contribution is 2.36. The lowest BCUT2D eigenvalue weighted by Crippen LogP contribution is -2.43. The number of nitrogens with one attached hydrogen (secondary N) is 1. The minimum absolute atomic E-state index is 0.0159. The quantitative estimate of drug-likeness (QED) is 0.798. The number of esters is 1. The molecule has 0 aromatic heterocycles. The molecule has 2 fully saturated rings. The van der Waals surface area contributed by atoms with Crippen molar-refractivity contribution >= 4 is 5.97 Å². The lowest BCUT2D eigenvalue weighted by Gasteiger charge is -2.38. The van der Waals surface area contributed by atoms with Gasteiger partial charge in [0, 0.05) is 12.1 Å². The Morgan fingerprint density at radius 2 is 1.53 bits per heavy atom. The number of hydrogen-bond acceptors (Lipinski definition) is 3. The molecule has 0 heterocycles. The first-order valence-corrected chi connectivity index (χ1v) is 7.84. The number of carbonyl (C=O) groups excluding carboxylic acids is 1. The highest BCUT2D eigenvalue weighted by molar-refractivity contribution is 5.72. The lowest BCUT2D eigenvalue weighted by atomic mass is 9.75. The second-order valence-corrected chi connectivity index (χ2v) is 7.18. The third-order valence-electron chi connectivity index (χ3n) is 5.07. The second kappa shape index (κ2) is 6.25. The van der Waals surface area contributed by atoms with Gasteiger partial charge in [-0.3, -0.25) is 4.79 Å². The molecule has 0 saturated heterocycles. The van der Waals surface area contributed by atoms with Crippen LogP contribution in [0.15, 0.2) is 0 Å². The van der Waals surface area contributed by atoms with E-state index in [2.05, 4.69) is 19.2 Å². The van der Waals surface area contributed by atoms with E-state index in [1.165, 1.54) is 32.8 Å². The predicted octanol–water partition coefficient (Wildman–Crippen LogP) is 3.28. The van der Waals surface area contributed by atoms with Crippen molar-refractivity contribution in [3.63, 3.8) is 0 Å². The van der Waals surface area contributed by atoms with Gasteiger partial charge in [-0.05, 0) is 56.8 Å². The van der Waals surface area contributed by atoms with Crippen LogP contribution in [-0.4, -0.2) is 25.2 Å². The summed E-state index contributed by atoms with van der Waals surface area (Å²) in [6.07, 6.45) is 9.52. The molecule has 2 aliphatic rings. The molecular weight excluding hydrogens is 238 g/mol. The topological polar surface area (TPSA) is 38.3 Å². The summed E-state index contributed by atoms with van der Waals surface area (Å²) in [5, 5.41) is 3.82. The van der Waals surface area contributed by atoms with Crippen LogP contribution in [0.1, 0.15) is 65.2 Å². The third kappa shape index (κ3) is 4.20. The molecule has 3 nitrogen and oxygen atoms in total. The first-order chi connectivity index (χ1) is 9.00. The Balaban J connectivity index is 1.70. The van der Waals surface area contributed by atoms with Crippen molar-refractivity contribution in [1.29, 1.82) is 0 Å². The van der Waals surface area contributed by atoms with Gasteiger partial charge in [-0.2, -0.15) is 0 Å². The molecule has 0 aromatic rings. The van der Waals surface area contributed by atoms with Gasteiger partial charge in [0.1, 0.15) is 0 Å². The maximum atomic E-state index is 11.5. The zero-order valence-electron chi connectivity index (χ0n) is 12.7. The predicted molar refractivity (Wildman–Crippen MR) is 76.9 cm³/mol. The van der Waals surface area contributed by atoms with Crippen LogP contribution < -0.4 is 5.32 Å².